The van der Waals surface area contributed by atoms with Gasteiger partial charge in [-0.2, -0.15) is 0 Å². The summed E-state index contributed by atoms with van der Waals surface area (Å²) in [6.45, 7) is 0. The smallest absolute Gasteiger partial charge is 0.281 e. The van der Waals surface area contributed by atoms with Crippen molar-refractivity contribution in [2.24, 2.45) is 5.18 Å². The quantitative estimate of drug-likeness (QED) is 0.535. The molecule has 1 aromatic rings. The predicted octanol–water partition coefficient (Wildman–Crippen LogP) is 1.35. The Balaban J connectivity index is 2.24. The molecule has 0 bridgehead atoms. The van der Waals surface area contributed by atoms with E-state index >= 15 is 0 Å². The highest BCUT2D eigenvalue weighted by molar-refractivity contribution is 5.63. The molecule has 14 heavy (non-hydrogen) atoms. The van der Waals surface area contributed by atoms with E-state index in [1.54, 1.807) is 18.2 Å². The number of hydrogen-bond acceptors (Lipinski definition) is 4. The number of rotatable bonds is 1. The Morgan fingerprint density at radius 3 is 2.93 bits per heavy atom. The molecule has 1 aliphatic heterocycles. The number of nitrogens with zero attached hydrogens (tertiary/aromatic N) is 1. The third-order valence-corrected chi connectivity index (χ3v) is 2.70. The summed E-state index contributed by atoms with van der Waals surface area (Å²) in [5.41, 5.74) is 0.0651. The maximum Gasteiger partial charge on any atom is 0.281 e. The van der Waals surface area contributed by atoms with Crippen LogP contribution in [-0.2, 0) is 10.5 Å². The van der Waals surface area contributed by atoms with Gasteiger partial charge in [-0.1, -0.05) is 30.3 Å². The van der Waals surface area contributed by atoms with Crippen LogP contribution < -0.4 is 0 Å². The van der Waals surface area contributed by atoms with Crippen LogP contribution in [0.25, 0.3) is 6.08 Å². The van der Waals surface area contributed by atoms with Gasteiger partial charge in [-0.25, -0.2) is 0 Å². The summed E-state index contributed by atoms with van der Waals surface area (Å²) in [7, 11) is 0. The molecule has 2 aliphatic rings. The van der Waals surface area contributed by atoms with Crippen LogP contribution >= 0.6 is 0 Å². The van der Waals surface area contributed by atoms with E-state index in [2.05, 4.69) is 5.18 Å². The number of benzene rings is 1. The summed E-state index contributed by atoms with van der Waals surface area (Å²) in [6.07, 6.45) is 3.22. The molecule has 0 spiro atoms. The summed E-state index contributed by atoms with van der Waals surface area (Å²) < 4.78 is 5.02. The van der Waals surface area contributed by atoms with Gasteiger partial charge in [-0.15, -0.1) is 4.91 Å². The molecule has 4 nitrogen and oxygen atoms in total. The fourth-order valence-electron chi connectivity index (χ4n) is 1.86. The first kappa shape index (κ1) is 7.84. The molecular formula is C10H7NO3. The number of aliphatic hydroxyl groups is 1. The van der Waals surface area contributed by atoms with E-state index in [0.717, 1.165) is 5.56 Å². The van der Waals surface area contributed by atoms with Crippen molar-refractivity contribution in [3.05, 3.63) is 46.4 Å². The minimum absolute atomic E-state index is 0.599. The number of ether oxygens (including phenoxy) is 1. The van der Waals surface area contributed by atoms with Gasteiger partial charge in [-0.3, -0.25) is 0 Å². The first-order valence-electron chi connectivity index (χ1n) is 4.28. The van der Waals surface area contributed by atoms with Crippen LogP contribution in [0, 0.1) is 4.91 Å². The molecule has 1 aromatic carbocycles. The Bertz CT molecular complexity index is 456. The Hall–Kier alpha value is -1.52. The van der Waals surface area contributed by atoms with Gasteiger partial charge in [0.2, 0.25) is 0 Å². The second-order valence-electron chi connectivity index (χ2n) is 3.45. The van der Waals surface area contributed by atoms with E-state index < -0.39 is 11.5 Å². The summed E-state index contributed by atoms with van der Waals surface area (Å²) >= 11 is 0. The predicted molar refractivity (Wildman–Crippen MR) is 49.0 cm³/mol. The lowest BCUT2D eigenvalue weighted by atomic mass is 9.92. The van der Waals surface area contributed by atoms with Crippen molar-refractivity contribution in [2.45, 2.75) is 11.5 Å². The lowest BCUT2D eigenvalue weighted by Gasteiger charge is -2.14. The SMILES string of the molecule is O=NC12C=Cc3ccccc3C1(O)O2. The molecule has 4 heteroatoms. The van der Waals surface area contributed by atoms with Gasteiger partial charge in [0.05, 0.1) is 0 Å². The maximum atomic E-state index is 10.6. The van der Waals surface area contributed by atoms with Gasteiger partial charge in [0.25, 0.3) is 11.5 Å². The number of fused-ring (bicyclic) bond motifs is 3. The summed E-state index contributed by atoms with van der Waals surface area (Å²) in [6, 6.07) is 7.22. The van der Waals surface area contributed by atoms with E-state index in [1.165, 1.54) is 6.08 Å². The van der Waals surface area contributed by atoms with Crippen LogP contribution in [0.5, 0.6) is 0 Å². The van der Waals surface area contributed by atoms with Gasteiger partial charge >= 0.3 is 0 Å². The zero-order valence-corrected chi connectivity index (χ0v) is 7.18. The Labute approximate surface area is 79.8 Å². The Kier molecular flexibility index (Phi) is 1.18. The molecule has 2 unspecified atom stereocenters. The fraction of sp³-hybridized carbons (Fsp3) is 0.200. The number of epoxide rings is 1. The fourth-order valence-corrected chi connectivity index (χ4v) is 1.86. The van der Waals surface area contributed by atoms with Gasteiger partial charge in [0, 0.05) is 5.56 Å². The van der Waals surface area contributed by atoms with Crippen LogP contribution in [0.1, 0.15) is 11.1 Å². The number of hydrogen-bond donors (Lipinski definition) is 1. The molecule has 0 aromatic heterocycles. The summed E-state index contributed by atoms with van der Waals surface area (Å²) in [5.74, 6) is -1.54. The van der Waals surface area contributed by atoms with Crippen LogP contribution in [0.3, 0.4) is 0 Å². The second kappa shape index (κ2) is 2.10. The van der Waals surface area contributed by atoms with E-state index in [4.69, 9.17) is 4.74 Å². The van der Waals surface area contributed by atoms with Crippen molar-refractivity contribution in [3.8, 4) is 0 Å². The highest BCUT2D eigenvalue weighted by Gasteiger charge is 2.74. The standard InChI is InChI=1S/C10H7NO3/c12-10-8-4-2-1-3-7(8)5-6-9(10,11-13)14-10/h1-6,12H. The molecule has 1 fully saturated rings. The van der Waals surface area contributed by atoms with Gasteiger partial charge in [0.15, 0.2) is 0 Å². The molecule has 1 aliphatic carbocycles. The minimum Gasteiger partial charge on any atom is -0.358 e. The van der Waals surface area contributed by atoms with Crippen molar-refractivity contribution in [3.63, 3.8) is 0 Å². The highest BCUT2D eigenvalue weighted by atomic mass is 16.8. The molecule has 1 heterocycles. The maximum absolute atomic E-state index is 10.6. The van der Waals surface area contributed by atoms with E-state index in [1.807, 2.05) is 12.1 Å². The average Bonchev–Trinajstić information content (AvgIpc) is 2.86. The summed E-state index contributed by atoms with van der Waals surface area (Å²) in [4.78, 5) is 10.6. The molecule has 0 amide bonds. The normalized spacial score (nSPS) is 37.2. The molecular weight excluding hydrogens is 182 g/mol. The zero-order chi connectivity index (χ0) is 9.81. The van der Waals surface area contributed by atoms with Crippen molar-refractivity contribution in [1.29, 1.82) is 0 Å². The van der Waals surface area contributed by atoms with E-state index in [9.17, 15) is 10.0 Å². The average molecular weight is 189 g/mol. The third kappa shape index (κ3) is 0.670. The highest BCUT2D eigenvalue weighted by Crippen LogP contribution is 2.58. The second-order valence-corrected chi connectivity index (χ2v) is 3.45. The topological polar surface area (TPSA) is 62.2 Å². The van der Waals surface area contributed by atoms with Crippen LogP contribution in [0.4, 0.5) is 0 Å². The Morgan fingerprint density at radius 2 is 2.14 bits per heavy atom. The number of nitroso groups, excluding NO2 is 1. The molecule has 70 valence electrons. The molecule has 1 saturated heterocycles. The largest absolute Gasteiger partial charge is 0.358 e. The molecule has 2 atom stereocenters. The van der Waals surface area contributed by atoms with Crippen molar-refractivity contribution in [1.82, 2.24) is 0 Å². The molecule has 1 N–H and O–H groups in total. The van der Waals surface area contributed by atoms with Crippen molar-refractivity contribution in [2.75, 3.05) is 0 Å². The van der Waals surface area contributed by atoms with Gasteiger partial charge < -0.3 is 9.84 Å². The first-order chi connectivity index (χ1) is 6.72. The first-order valence-corrected chi connectivity index (χ1v) is 4.28. The molecule has 0 saturated carbocycles. The minimum atomic E-state index is -1.54. The lowest BCUT2D eigenvalue weighted by molar-refractivity contribution is 0.0328. The molecule has 0 radical (unpaired) electrons. The third-order valence-electron chi connectivity index (χ3n) is 2.70. The van der Waals surface area contributed by atoms with Crippen LogP contribution in [0.15, 0.2) is 35.5 Å². The summed E-state index contributed by atoms with van der Waals surface area (Å²) in [5, 5.41) is 12.8. The van der Waals surface area contributed by atoms with Crippen molar-refractivity contribution < 1.29 is 9.84 Å². The monoisotopic (exact) mass is 189 g/mol. The van der Waals surface area contributed by atoms with Crippen molar-refractivity contribution >= 4 is 6.08 Å². The van der Waals surface area contributed by atoms with Gasteiger partial charge in [0.1, 0.15) is 0 Å². The van der Waals surface area contributed by atoms with E-state index in [0.29, 0.717) is 5.56 Å². The van der Waals surface area contributed by atoms with E-state index in [-0.39, 0.29) is 0 Å². The van der Waals surface area contributed by atoms with Crippen LogP contribution in [-0.4, -0.2) is 10.8 Å². The lowest BCUT2D eigenvalue weighted by Crippen LogP contribution is -2.23. The van der Waals surface area contributed by atoms with Crippen LogP contribution in [0.2, 0.25) is 0 Å². The molecule has 3 rings (SSSR count). The Morgan fingerprint density at radius 1 is 1.36 bits per heavy atom. The zero-order valence-electron chi connectivity index (χ0n) is 7.18. The van der Waals surface area contributed by atoms with Gasteiger partial charge in [-0.05, 0) is 16.8 Å².